The lowest BCUT2D eigenvalue weighted by atomic mass is 10.2. The molecule has 0 aliphatic rings. The van der Waals surface area contributed by atoms with Gasteiger partial charge in [-0.2, -0.15) is 0 Å². The molecule has 2 aromatic heterocycles. The lowest BCUT2D eigenvalue weighted by Gasteiger charge is -2.06. The van der Waals surface area contributed by atoms with Gasteiger partial charge in [-0.1, -0.05) is 0 Å². The monoisotopic (exact) mass is 270 g/mol. The van der Waals surface area contributed by atoms with Gasteiger partial charge in [-0.15, -0.1) is 0 Å². The van der Waals surface area contributed by atoms with Gasteiger partial charge in [-0.05, 0) is 22.4 Å². The summed E-state index contributed by atoms with van der Waals surface area (Å²) >= 11 is 3.43. The van der Waals surface area contributed by atoms with Crippen molar-refractivity contribution in [3.05, 3.63) is 28.9 Å². The van der Waals surface area contributed by atoms with E-state index in [0.717, 1.165) is 15.9 Å². The minimum Gasteiger partial charge on any atom is -0.396 e. The van der Waals surface area contributed by atoms with Gasteiger partial charge in [0.15, 0.2) is 5.65 Å². The number of imidazole rings is 1. The number of hydrogen-bond acceptors (Lipinski definition) is 4. The van der Waals surface area contributed by atoms with Crippen LogP contribution in [-0.4, -0.2) is 26.1 Å². The molecule has 0 fully saturated rings. The zero-order chi connectivity index (χ0) is 10.8. The highest BCUT2D eigenvalue weighted by Gasteiger charge is 2.15. The van der Waals surface area contributed by atoms with Crippen LogP contribution in [0.25, 0.3) is 5.65 Å². The van der Waals surface area contributed by atoms with Crippen molar-refractivity contribution in [3.63, 3.8) is 0 Å². The number of nitrogens with two attached hydrogens (primary N) is 1. The van der Waals surface area contributed by atoms with Crippen LogP contribution in [0.3, 0.4) is 0 Å². The molecule has 0 saturated heterocycles. The van der Waals surface area contributed by atoms with Gasteiger partial charge < -0.3 is 10.8 Å². The number of aliphatic hydroxyl groups excluding tert-OH is 1. The van der Waals surface area contributed by atoms with Gasteiger partial charge in [0.1, 0.15) is 4.60 Å². The van der Waals surface area contributed by atoms with Gasteiger partial charge in [-0.25, -0.2) is 4.98 Å². The van der Waals surface area contributed by atoms with Crippen molar-refractivity contribution in [1.82, 2.24) is 14.4 Å². The lowest BCUT2D eigenvalue weighted by Crippen LogP contribution is -2.12. The molecule has 6 heteroatoms. The minimum absolute atomic E-state index is 0.0553. The molecule has 2 aromatic rings. The molecule has 0 aliphatic heterocycles. The third-order valence-corrected chi connectivity index (χ3v) is 2.98. The molecule has 3 N–H and O–H groups in total. The molecule has 1 unspecified atom stereocenters. The second kappa shape index (κ2) is 4.26. The Kier molecular flexibility index (Phi) is 2.99. The normalized spacial score (nSPS) is 13.3. The first-order valence-electron chi connectivity index (χ1n) is 4.58. The summed E-state index contributed by atoms with van der Waals surface area (Å²) in [5.41, 5.74) is 7.37. The second-order valence-electron chi connectivity index (χ2n) is 3.21. The number of rotatable bonds is 3. The molecule has 5 nitrogen and oxygen atoms in total. The number of aromatic nitrogens is 3. The molecular weight excluding hydrogens is 260 g/mol. The van der Waals surface area contributed by atoms with Crippen LogP contribution in [0.15, 0.2) is 23.2 Å². The summed E-state index contributed by atoms with van der Waals surface area (Å²) in [6, 6.07) is -0.260. The van der Waals surface area contributed by atoms with Crippen molar-refractivity contribution in [1.29, 1.82) is 0 Å². The maximum absolute atomic E-state index is 8.82. The Labute approximate surface area is 95.1 Å². The smallest absolute Gasteiger partial charge is 0.156 e. The Morgan fingerprint density at radius 3 is 3.07 bits per heavy atom. The zero-order valence-corrected chi connectivity index (χ0v) is 9.55. The van der Waals surface area contributed by atoms with Crippen LogP contribution >= 0.6 is 15.9 Å². The molecule has 0 aliphatic carbocycles. The molecule has 80 valence electrons. The lowest BCUT2D eigenvalue weighted by molar-refractivity contribution is 0.275. The van der Waals surface area contributed by atoms with Gasteiger partial charge in [0.05, 0.1) is 17.9 Å². The van der Waals surface area contributed by atoms with Crippen LogP contribution in [0.5, 0.6) is 0 Å². The summed E-state index contributed by atoms with van der Waals surface area (Å²) < 4.78 is 2.68. The van der Waals surface area contributed by atoms with E-state index < -0.39 is 0 Å². The average molecular weight is 271 g/mol. The SMILES string of the molecule is NC(CCO)c1nc2cnccn2c1Br. The third-order valence-electron chi connectivity index (χ3n) is 2.19. The van der Waals surface area contributed by atoms with Gasteiger partial charge in [0.25, 0.3) is 0 Å². The standard InChI is InChI=1S/C9H11BrN4O/c10-9-8(6(11)1-4-15)13-7-5-12-2-3-14(7)9/h2-3,5-6,15H,1,4,11H2. The first-order valence-corrected chi connectivity index (χ1v) is 5.37. The Morgan fingerprint density at radius 2 is 2.40 bits per heavy atom. The van der Waals surface area contributed by atoms with E-state index in [1.165, 1.54) is 0 Å². The van der Waals surface area contributed by atoms with Crippen molar-refractivity contribution < 1.29 is 5.11 Å². The van der Waals surface area contributed by atoms with Gasteiger partial charge in [0.2, 0.25) is 0 Å². The van der Waals surface area contributed by atoms with E-state index in [-0.39, 0.29) is 12.6 Å². The van der Waals surface area contributed by atoms with Crippen LogP contribution in [-0.2, 0) is 0 Å². The fraction of sp³-hybridized carbons (Fsp3) is 0.333. The zero-order valence-electron chi connectivity index (χ0n) is 7.97. The minimum atomic E-state index is -0.260. The Hall–Kier alpha value is -0.980. The quantitative estimate of drug-likeness (QED) is 0.868. The maximum atomic E-state index is 8.82. The van der Waals surface area contributed by atoms with E-state index in [9.17, 15) is 0 Å². The van der Waals surface area contributed by atoms with Crippen LogP contribution in [0.2, 0.25) is 0 Å². The van der Waals surface area contributed by atoms with Gasteiger partial charge in [-0.3, -0.25) is 9.38 Å². The molecular formula is C9H11BrN4O. The molecule has 0 radical (unpaired) electrons. The molecule has 0 aromatic carbocycles. The first-order chi connectivity index (χ1) is 7.24. The summed E-state index contributed by atoms with van der Waals surface area (Å²) in [6.45, 7) is 0.0553. The van der Waals surface area contributed by atoms with Crippen LogP contribution in [0, 0.1) is 0 Å². The maximum Gasteiger partial charge on any atom is 0.156 e. The van der Waals surface area contributed by atoms with E-state index >= 15 is 0 Å². The summed E-state index contributed by atoms with van der Waals surface area (Å²) in [5, 5.41) is 8.82. The molecule has 0 saturated carbocycles. The largest absolute Gasteiger partial charge is 0.396 e. The third kappa shape index (κ3) is 1.88. The molecule has 0 spiro atoms. The van der Waals surface area contributed by atoms with Gasteiger partial charge >= 0.3 is 0 Å². The molecule has 1 atom stereocenters. The summed E-state index contributed by atoms with van der Waals surface area (Å²) in [5.74, 6) is 0. The van der Waals surface area contributed by atoms with Crippen molar-refractivity contribution >= 4 is 21.6 Å². The van der Waals surface area contributed by atoms with Crippen molar-refractivity contribution in [2.45, 2.75) is 12.5 Å². The van der Waals surface area contributed by atoms with Crippen LogP contribution in [0.4, 0.5) is 0 Å². The second-order valence-corrected chi connectivity index (χ2v) is 3.96. The molecule has 2 heterocycles. The predicted molar refractivity (Wildman–Crippen MR) is 59.3 cm³/mol. The number of aliphatic hydroxyl groups is 1. The van der Waals surface area contributed by atoms with Crippen molar-refractivity contribution in [3.8, 4) is 0 Å². The highest BCUT2D eigenvalue weighted by atomic mass is 79.9. The van der Waals surface area contributed by atoms with E-state index in [0.29, 0.717) is 6.42 Å². The average Bonchev–Trinajstić information content (AvgIpc) is 2.57. The fourth-order valence-electron chi connectivity index (χ4n) is 1.41. The van der Waals surface area contributed by atoms with Crippen LogP contribution < -0.4 is 5.73 Å². The Balaban J connectivity index is 2.48. The number of fused-ring (bicyclic) bond motifs is 1. The van der Waals surface area contributed by atoms with E-state index in [4.69, 9.17) is 10.8 Å². The summed E-state index contributed by atoms with van der Waals surface area (Å²) in [7, 11) is 0. The summed E-state index contributed by atoms with van der Waals surface area (Å²) in [6.07, 6.45) is 5.65. The number of halogens is 1. The molecule has 2 rings (SSSR count). The van der Waals surface area contributed by atoms with Crippen LogP contribution in [0.1, 0.15) is 18.2 Å². The number of nitrogens with zero attached hydrogens (tertiary/aromatic N) is 3. The Morgan fingerprint density at radius 1 is 1.60 bits per heavy atom. The molecule has 0 bridgehead atoms. The topological polar surface area (TPSA) is 76.4 Å². The van der Waals surface area contributed by atoms with Gasteiger partial charge in [0, 0.05) is 19.0 Å². The summed E-state index contributed by atoms with van der Waals surface area (Å²) in [4.78, 5) is 8.33. The van der Waals surface area contributed by atoms with Crippen molar-refractivity contribution in [2.75, 3.05) is 6.61 Å². The highest BCUT2D eigenvalue weighted by Crippen LogP contribution is 2.24. The Bertz CT molecular complexity index is 470. The van der Waals surface area contributed by atoms with E-state index in [1.807, 2.05) is 10.6 Å². The number of hydrogen-bond donors (Lipinski definition) is 2. The molecule has 0 amide bonds. The fourth-order valence-corrected chi connectivity index (χ4v) is 2.09. The predicted octanol–water partition coefficient (Wildman–Crippen LogP) is 0.874. The van der Waals surface area contributed by atoms with E-state index in [2.05, 4.69) is 25.9 Å². The highest BCUT2D eigenvalue weighted by molar-refractivity contribution is 9.10. The molecule has 15 heavy (non-hydrogen) atoms. The van der Waals surface area contributed by atoms with E-state index in [1.54, 1.807) is 12.4 Å². The van der Waals surface area contributed by atoms with Crippen molar-refractivity contribution in [2.24, 2.45) is 5.73 Å². The first kappa shape index (κ1) is 10.5.